The molecule has 3 rings (SSSR count). The topological polar surface area (TPSA) is 28.7 Å². The average molecular weight is 357 g/mol. The number of hydrogen-bond donors (Lipinski definition) is 1. The van der Waals surface area contributed by atoms with Crippen LogP contribution in [0.1, 0.15) is 11.4 Å². The molecule has 0 saturated carbocycles. The minimum Gasteiger partial charge on any atom is -0.343 e. The third kappa shape index (κ3) is 3.65. The summed E-state index contributed by atoms with van der Waals surface area (Å²) in [5.41, 5.74) is 3.30. The van der Waals surface area contributed by atoms with Crippen LogP contribution in [0, 0.1) is 4.64 Å². The second-order valence-electron chi connectivity index (χ2n) is 4.75. The molecule has 21 heavy (non-hydrogen) atoms. The quantitative estimate of drug-likeness (QED) is 0.656. The number of nitrogens with one attached hydrogen (secondary N) is 1. The van der Waals surface area contributed by atoms with Crippen molar-refractivity contribution in [2.45, 2.75) is 6.42 Å². The van der Waals surface area contributed by atoms with Crippen LogP contribution in [-0.4, -0.2) is 9.97 Å². The zero-order valence-electron chi connectivity index (χ0n) is 11.2. The van der Waals surface area contributed by atoms with E-state index in [1.807, 2.05) is 36.4 Å². The lowest BCUT2D eigenvalue weighted by molar-refractivity contribution is 0.964. The number of halogens is 1. The molecule has 0 aliphatic heterocycles. The first-order valence-corrected chi connectivity index (χ1v) is 7.81. The normalized spacial score (nSPS) is 10.5. The summed E-state index contributed by atoms with van der Waals surface area (Å²) in [5.74, 6) is 0.874. The highest BCUT2D eigenvalue weighted by Gasteiger charge is 2.03. The van der Waals surface area contributed by atoms with Crippen molar-refractivity contribution in [2.24, 2.45) is 0 Å². The van der Waals surface area contributed by atoms with Gasteiger partial charge < -0.3 is 4.98 Å². The van der Waals surface area contributed by atoms with Crippen molar-refractivity contribution in [3.8, 4) is 11.3 Å². The Morgan fingerprint density at radius 3 is 2.57 bits per heavy atom. The van der Waals surface area contributed by atoms with Crippen molar-refractivity contribution in [3.63, 3.8) is 0 Å². The number of aromatic nitrogens is 2. The fourth-order valence-electron chi connectivity index (χ4n) is 2.21. The SMILES string of the molecule is S=c1cc(-c2ccccc2)[nH]c(Cc2cccc(Br)c2)n1. The fourth-order valence-corrected chi connectivity index (χ4v) is 2.88. The van der Waals surface area contributed by atoms with E-state index >= 15 is 0 Å². The van der Waals surface area contributed by atoms with Crippen molar-refractivity contribution in [1.29, 1.82) is 0 Å². The molecule has 2 nitrogen and oxygen atoms in total. The van der Waals surface area contributed by atoms with E-state index in [4.69, 9.17) is 12.2 Å². The van der Waals surface area contributed by atoms with E-state index in [-0.39, 0.29) is 0 Å². The Balaban J connectivity index is 1.97. The molecule has 0 fully saturated rings. The highest BCUT2D eigenvalue weighted by molar-refractivity contribution is 9.10. The van der Waals surface area contributed by atoms with Crippen LogP contribution in [-0.2, 0) is 6.42 Å². The second-order valence-corrected chi connectivity index (χ2v) is 6.09. The van der Waals surface area contributed by atoms with Gasteiger partial charge in [-0.2, -0.15) is 0 Å². The Bertz CT molecular complexity index is 812. The van der Waals surface area contributed by atoms with Crippen molar-refractivity contribution in [1.82, 2.24) is 9.97 Å². The van der Waals surface area contributed by atoms with Crippen LogP contribution < -0.4 is 0 Å². The molecule has 0 atom stereocenters. The molecule has 4 heteroatoms. The van der Waals surface area contributed by atoms with Gasteiger partial charge in [-0.05, 0) is 29.3 Å². The number of aromatic amines is 1. The Morgan fingerprint density at radius 1 is 1.00 bits per heavy atom. The minimum absolute atomic E-state index is 0.609. The Hall–Kier alpha value is -1.78. The average Bonchev–Trinajstić information content (AvgIpc) is 2.47. The summed E-state index contributed by atoms with van der Waals surface area (Å²) >= 11 is 8.78. The summed E-state index contributed by atoms with van der Waals surface area (Å²) in [7, 11) is 0. The lowest BCUT2D eigenvalue weighted by Gasteiger charge is -2.07. The first kappa shape index (κ1) is 14.2. The monoisotopic (exact) mass is 356 g/mol. The summed E-state index contributed by atoms with van der Waals surface area (Å²) in [6.07, 6.45) is 0.726. The number of rotatable bonds is 3. The maximum Gasteiger partial charge on any atom is 0.130 e. The zero-order valence-corrected chi connectivity index (χ0v) is 13.6. The molecule has 0 bridgehead atoms. The van der Waals surface area contributed by atoms with Crippen LogP contribution in [0.25, 0.3) is 11.3 Å². The van der Waals surface area contributed by atoms with E-state index in [1.54, 1.807) is 0 Å². The van der Waals surface area contributed by atoms with Crippen LogP contribution >= 0.6 is 28.1 Å². The van der Waals surface area contributed by atoms with Gasteiger partial charge >= 0.3 is 0 Å². The van der Waals surface area contributed by atoms with E-state index in [1.165, 1.54) is 5.56 Å². The van der Waals surface area contributed by atoms with Crippen molar-refractivity contribution < 1.29 is 0 Å². The van der Waals surface area contributed by atoms with Crippen molar-refractivity contribution >= 4 is 28.1 Å². The molecule has 0 unspecified atom stereocenters. The maximum atomic E-state index is 5.29. The van der Waals surface area contributed by atoms with Gasteiger partial charge in [0.2, 0.25) is 0 Å². The molecule has 1 aromatic heterocycles. The molecule has 0 amide bonds. The minimum atomic E-state index is 0.609. The predicted molar refractivity (Wildman–Crippen MR) is 91.8 cm³/mol. The highest BCUT2D eigenvalue weighted by Crippen LogP contribution is 2.18. The third-order valence-corrected chi connectivity index (χ3v) is 3.84. The van der Waals surface area contributed by atoms with Gasteiger partial charge in [0.25, 0.3) is 0 Å². The molecule has 0 aliphatic rings. The van der Waals surface area contributed by atoms with E-state index in [9.17, 15) is 0 Å². The molecule has 1 heterocycles. The predicted octanol–water partition coefficient (Wildman–Crippen LogP) is 5.16. The Morgan fingerprint density at radius 2 is 1.81 bits per heavy atom. The molecule has 3 aromatic rings. The van der Waals surface area contributed by atoms with Gasteiger partial charge in [-0.3, -0.25) is 0 Å². The van der Waals surface area contributed by atoms with Crippen LogP contribution in [0.5, 0.6) is 0 Å². The largest absolute Gasteiger partial charge is 0.343 e. The lowest BCUT2D eigenvalue weighted by atomic mass is 10.1. The van der Waals surface area contributed by atoms with Gasteiger partial charge in [-0.15, -0.1) is 0 Å². The molecular weight excluding hydrogens is 344 g/mol. The van der Waals surface area contributed by atoms with E-state index in [2.05, 4.69) is 50.2 Å². The summed E-state index contributed by atoms with van der Waals surface area (Å²) < 4.78 is 1.68. The van der Waals surface area contributed by atoms with Crippen molar-refractivity contribution in [3.05, 3.63) is 81.2 Å². The number of hydrogen-bond acceptors (Lipinski definition) is 2. The highest BCUT2D eigenvalue weighted by atomic mass is 79.9. The van der Waals surface area contributed by atoms with E-state index < -0.39 is 0 Å². The van der Waals surface area contributed by atoms with Gasteiger partial charge in [-0.1, -0.05) is 70.6 Å². The molecule has 1 N–H and O–H groups in total. The van der Waals surface area contributed by atoms with Crippen LogP contribution in [0.15, 0.2) is 65.1 Å². The van der Waals surface area contributed by atoms with Crippen LogP contribution in [0.4, 0.5) is 0 Å². The first-order valence-electron chi connectivity index (χ1n) is 6.61. The number of benzene rings is 2. The molecule has 0 radical (unpaired) electrons. The summed E-state index contributed by atoms with van der Waals surface area (Å²) in [5, 5.41) is 0. The molecule has 0 spiro atoms. The third-order valence-electron chi connectivity index (χ3n) is 3.14. The molecule has 0 aliphatic carbocycles. The second kappa shape index (κ2) is 6.33. The first-order chi connectivity index (χ1) is 10.2. The van der Waals surface area contributed by atoms with Crippen LogP contribution in [0.3, 0.4) is 0 Å². The summed E-state index contributed by atoms with van der Waals surface area (Å²) in [6.45, 7) is 0. The van der Waals surface area contributed by atoms with E-state index in [0.29, 0.717) is 4.64 Å². The summed E-state index contributed by atoms with van der Waals surface area (Å²) in [4.78, 5) is 7.80. The van der Waals surface area contributed by atoms with Gasteiger partial charge in [0.1, 0.15) is 10.5 Å². The molecule has 0 saturated heterocycles. The number of nitrogens with zero attached hydrogens (tertiary/aromatic N) is 1. The van der Waals surface area contributed by atoms with Gasteiger partial charge in [-0.25, -0.2) is 4.98 Å². The standard InChI is InChI=1S/C17H13BrN2S/c18-14-8-4-5-12(9-14)10-16-19-15(11-17(21)20-16)13-6-2-1-3-7-13/h1-9,11H,10H2,(H,19,20,21). The summed E-state index contributed by atoms with van der Waals surface area (Å²) in [6, 6.07) is 20.3. The molecular formula is C17H13BrN2S. The Labute approximate surface area is 137 Å². The van der Waals surface area contributed by atoms with Crippen LogP contribution in [0.2, 0.25) is 0 Å². The van der Waals surface area contributed by atoms with Gasteiger partial charge in [0, 0.05) is 16.6 Å². The Kier molecular flexibility index (Phi) is 4.27. The fraction of sp³-hybridized carbons (Fsp3) is 0.0588. The smallest absolute Gasteiger partial charge is 0.130 e. The number of H-pyrrole nitrogens is 1. The molecule has 2 aromatic carbocycles. The lowest BCUT2D eigenvalue weighted by Crippen LogP contribution is -1.98. The van der Waals surface area contributed by atoms with Crippen molar-refractivity contribution in [2.75, 3.05) is 0 Å². The van der Waals surface area contributed by atoms with E-state index in [0.717, 1.165) is 28.0 Å². The van der Waals surface area contributed by atoms with Gasteiger partial charge in [0.05, 0.1) is 0 Å². The maximum absolute atomic E-state index is 5.29. The molecule has 104 valence electrons. The zero-order chi connectivity index (χ0) is 14.7. The van der Waals surface area contributed by atoms with Gasteiger partial charge in [0.15, 0.2) is 0 Å².